The van der Waals surface area contributed by atoms with E-state index < -0.39 is 5.91 Å². The van der Waals surface area contributed by atoms with E-state index in [1.54, 1.807) is 18.2 Å². The molecule has 0 aliphatic carbocycles. The number of ether oxygens (including phenoxy) is 4. The largest absolute Gasteiger partial charge is 0.493 e. The van der Waals surface area contributed by atoms with E-state index in [0.717, 1.165) is 0 Å². The second-order valence-corrected chi connectivity index (χ2v) is 6.80. The molecule has 1 aromatic heterocycles. The maximum absolute atomic E-state index is 12.7. The molecule has 0 spiro atoms. The number of hydrogen-bond donors (Lipinski definition) is 1. The van der Waals surface area contributed by atoms with E-state index in [-0.39, 0.29) is 22.3 Å². The van der Waals surface area contributed by atoms with Crippen LogP contribution in [0.4, 0.5) is 5.69 Å². The fourth-order valence-corrected chi connectivity index (χ4v) is 3.24. The fraction of sp³-hybridized carbons (Fsp3) is 0.368. The normalized spacial score (nSPS) is 18.7. The summed E-state index contributed by atoms with van der Waals surface area (Å²) in [5.41, 5.74) is 0.647. The highest BCUT2D eigenvalue weighted by Gasteiger charge is 2.31. The number of nitrogens with one attached hydrogen (secondary N) is 1. The van der Waals surface area contributed by atoms with Gasteiger partial charge in [0.05, 0.1) is 36.1 Å². The minimum Gasteiger partial charge on any atom is -0.493 e. The van der Waals surface area contributed by atoms with E-state index >= 15 is 0 Å². The van der Waals surface area contributed by atoms with Crippen LogP contribution in [-0.2, 0) is 9.47 Å². The van der Waals surface area contributed by atoms with Gasteiger partial charge >= 0.3 is 0 Å². The third-order valence-electron chi connectivity index (χ3n) is 4.16. The van der Waals surface area contributed by atoms with Crippen molar-refractivity contribution in [3.8, 4) is 11.5 Å². The van der Waals surface area contributed by atoms with Crippen molar-refractivity contribution in [1.29, 1.82) is 0 Å². The molecule has 0 saturated carbocycles. The van der Waals surface area contributed by atoms with Crippen LogP contribution < -0.4 is 14.8 Å². The first-order valence-corrected chi connectivity index (χ1v) is 9.43. The molecule has 1 N–H and O–H groups in total. The van der Waals surface area contributed by atoms with Crippen molar-refractivity contribution in [2.45, 2.75) is 19.1 Å². The lowest BCUT2D eigenvalue weighted by atomic mass is 10.1. The Balaban J connectivity index is 1.81. The van der Waals surface area contributed by atoms with Gasteiger partial charge in [0.2, 0.25) is 0 Å². The molecule has 1 aromatic carbocycles. The molecule has 1 fully saturated rings. The fourth-order valence-electron chi connectivity index (χ4n) is 2.78. The molecule has 1 aliphatic heterocycles. The van der Waals surface area contributed by atoms with Crippen LogP contribution in [0.2, 0.25) is 10.0 Å². The van der Waals surface area contributed by atoms with Crippen molar-refractivity contribution >= 4 is 34.8 Å². The zero-order chi connectivity index (χ0) is 20.1. The number of carbonyl (C=O) groups excluding carboxylic acids is 1. The Morgan fingerprint density at radius 2 is 1.93 bits per heavy atom. The summed E-state index contributed by atoms with van der Waals surface area (Å²) in [5.74, 6) is 0.521. The first-order valence-electron chi connectivity index (χ1n) is 8.67. The van der Waals surface area contributed by atoms with Crippen LogP contribution in [0.15, 0.2) is 30.6 Å². The van der Waals surface area contributed by atoms with Gasteiger partial charge in [-0.25, -0.2) is 0 Å². The number of anilines is 1. The molecule has 1 amide bonds. The Morgan fingerprint density at radius 1 is 1.21 bits per heavy atom. The summed E-state index contributed by atoms with van der Waals surface area (Å²) >= 11 is 12.1. The zero-order valence-corrected chi connectivity index (χ0v) is 16.9. The smallest absolute Gasteiger partial charge is 0.255 e. The van der Waals surface area contributed by atoms with E-state index in [1.807, 2.05) is 6.92 Å². The highest BCUT2D eigenvalue weighted by Crippen LogP contribution is 2.32. The van der Waals surface area contributed by atoms with Crippen molar-refractivity contribution in [3.05, 3.63) is 46.2 Å². The number of rotatable bonds is 7. The molecule has 2 atom stereocenters. The SMILES string of the molecule is CCOC1COCC1Oc1cc(C(=O)Nc2c(Cl)cncc2Cl)ccc1OC. The van der Waals surface area contributed by atoms with Crippen LogP contribution in [-0.4, -0.2) is 50.0 Å². The molecule has 0 radical (unpaired) electrons. The summed E-state index contributed by atoms with van der Waals surface area (Å²) in [4.78, 5) is 16.5. The lowest BCUT2D eigenvalue weighted by Gasteiger charge is -2.21. The molecule has 2 unspecified atom stereocenters. The van der Waals surface area contributed by atoms with E-state index in [9.17, 15) is 4.79 Å². The minimum atomic E-state index is -0.397. The predicted molar refractivity (Wildman–Crippen MR) is 106 cm³/mol. The summed E-state index contributed by atoms with van der Waals surface area (Å²) in [6, 6.07) is 4.87. The number of aromatic nitrogens is 1. The van der Waals surface area contributed by atoms with Gasteiger partial charge in [0.25, 0.3) is 5.91 Å². The van der Waals surface area contributed by atoms with Crippen LogP contribution in [0.3, 0.4) is 0 Å². The monoisotopic (exact) mass is 426 g/mol. The van der Waals surface area contributed by atoms with Gasteiger partial charge in [0.1, 0.15) is 6.10 Å². The molecular weight excluding hydrogens is 407 g/mol. The van der Waals surface area contributed by atoms with Gasteiger partial charge in [-0.2, -0.15) is 0 Å². The number of amides is 1. The van der Waals surface area contributed by atoms with Crippen LogP contribution in [0, 0.1) is 0 Å². The lowest BCUT2D eigenvalue weighted by Crippen LogP contribution is -2.32. The summed E-state index contributed by atoms with van der Waals surface area (Å²) in [5, 5.41) is 3.18. The number of pyridine rings is 1. The predicted octanol–water partition coefficient (Wildman–Crippen LogP) is 3.83. The van der Waals surface area contributed by atoms with Gasteiger partial charge in [-0.05, 0) is 25.1 Å². The second kappa shape index (κ2) is 9.43. The Kier molecular flexibility index (Phi) is 6.96. The first-order chi connectivity index (χ1) is 13.5. The molecule has 2 heterocycles. The van der Waals surface area contributed by atoms with Crippen molar-refractivity contribution in [2.24, 2.45) is 0 Å². The topological polar surface area (TPSA) is 78.9 Å². The van der Waals surface area contributed by atoms with Gasteiger partial charge in [-0.3, -0.25) is 9.78 Å². The van der Waals surface area contributed by atoms with Crippen molar-refractivity contribution in [3.63, 3.8) is 0 Å². The average Bonchev–Trinajstić information content (AvgIpc) is 3.12. The molecule has 1 aliphatic rings. The lowest BCUT2D eigenvalue weighted by molar-refractivity contribution is 0.00549. The van der Waals surface area contributed by atoms with Crippen molar-refractivity contribution in [2.75, 3.05) is 32.2 Å². The van der Waals surface area contributed by atoms with E-state index in [1.165, 1.54) is 19.5 Å². The molecule has 2 aromatic rings. The zero-order valence-electron chi connectivity index (χ0n) is 15.4. The number of benzene rings is 1. The minimum absolute atomic E-state index is 0.179. The standard InChI is InChI=1S/C19H20Cl2N2O5/c1-3-27-16-9-26-10-17(16)28-15-6-11(4-5-14(15)25-2)19(24)23-18-12(20)7-22-8-13(18)21/h4-8,16-17H,3,9-10H2,1-2H3,(H,22,23,24). The summed E-state index contributed by atoms with van der Waals surface area (Å²) < 4.78 is 22.5. The number of nitrogens with zero attached hydrogens (tertiary/aromatic N) is 1. The maximum atomic E-state index is 12.7. The third-order valence-corrected chi connectivity index (χ3v) is 4.73. The molecule has 9 heteroatoms. The molecule has 28 heavy (non-hydrogen) atoms. The van der Waals surface area contributed by atoms with Crippen molar-refractivity contribution < 1.29 is 23.7 Å². The van der Waals surface area contributed by atoms with Gasteiger partial charge in [-0.15, -0.1) is 0 Å². The highest BCUT2D eigenvalue weighted by atomic mass is 35.5. The summed E-state index contributed by atoms with van der Waals surface area (Å²) in [6.07, 6.45) is 2.33. The first kappa shape index (κ1) is 20.7. The molecular formula is C19H20Cl2N2O5. The molecule has 0 bridgehead atoms. The molecule has 3 rings (SSSR count). The number of halogens is 2. The van der Waals surface area contributed by atoms with Crippen LogP contribution in [0.5, 0.6) is 11.5 Å². The van der Waals surface area contributed by atoms with Gasteiger partial charge in [0, 0.05) is 24.6 Å². The van der Waals surface area contributed by atoms with Crippen LogP contribution in [0.25, 0.3) is 0 Å². The van der Waals surface area contributed by atoms with Gasteiger partial charge in [-0.1, -0.05) is 23.2 Å². The third kappa shape index (κ3) is 4.67. The maximum Gasteiger partial charge on any atom is 0.255 e. The van der Waals surface area contributed by atoms with Gasteiger partial charge < -0.3 is 24.3 Å². The van der Waals surface area contributed by atoms with Crippen molar-refractivity contribution in [1.82, 2.24) is 4.98 Å². The Labute approximate surface area is 172 Å². The second-order valence-electron chi connectivity index (χ2n) is 5.99. The van der Waals surface area contributed by atoms with Crippen LogP contribution >= 0.6 is 23.2 Å². The molecule has 150 valence electrons. The van der Waals surface area contributed by atoms with Gasteiger partial charge in [0.15, 0.2) is 17.6 Å². The summed E-state index contributed by atoms with van der Waals surface area (Å²) in [7, 11) is 1.53. The average molecular weight is 427 g/mol. The number of carbonyl (C=O) groups is 1. The number of hydrogen-bond acceptors (Lipinski definition) is 6. The van der Waals surface area contributed by atoms with Crippen LogP contribution in [0.1, 0.15) is 17.3 Å². The number of methoxy groups -OCH3 is 1. The van der Waals surface area contributed by atoms with E-state index in [2.05, 4.69) is 10.3 Å². The molecule has 1 saturated heterocycles. The Bertz CT molecular complexity index is 829. The van der Waals surface area contributed by atoms with E-state index in [0.29, 0.717) is 42.6 Å². The van der Waals surface area contributed by atoms with E-state index in [4.69, 9.17) is 42.1 Å². The highest BCUT2D eigenvalue weighted by molar-refractivity contribution is 6.39. The summed E-state index contributed by atoms with van der Waals surface area (Å²) in [6.45, 7) is 3.32. The quantitative estimate of drug-likeness (QED) is 0.724. The Morgan fingerprint density at radius 3 is 2.61 bits per heavy atom. The Hall–Kier alpha value is -2.06. The molecule has 7 nitrogen and oxygen atoms in total.